The first kappa shape index (κ1) is 13.8. The smallest absolute Gasteiger partial charge is 0.202 e. The fourth-order valence-electron chi connectivity index (χ4n) is 2.01. The van der Waals surface area contributed by atoms with Gasteiger partial charge in [0.1, 0.15) is 5.52 Å². The fourth-order valence-corrected chi connectivity index (χ4v) is 2.01. The summed E-state index contributed by atoms with van der Waals surface area (Å²) in [6, 6.07) is 1.95. The zero-order valence-corrected chi connectivity index (χ0v) is 11.8. The highest BCUT2D eigenvalue weighted by Gasteiger charge is 2.11. The molecule has 0 unspecified atom stereocenters. The van der Waals surface area contributed by atoms with Crippen LogP contribution in [0.15, 0.2) is 12.3 Å². The van der Waals surface area contributed by atoms with Crippen LogP contribution in [0, 0.1) is 6.92 Å². The molecule has 0 saturated carbocycles. The van der Waals surface area contributed by atoms with Crippen molar-refractivity contribution >= 4 is 17.1 Å². The number of hydrogen-bond acceptors (Lipinski definition) is 5. The summed E-state index contributed by atoms with van der Waals surface area (Å²) in [6.07, 6.45) is 1.80. The second kappa shape index (κ2) is 5.99. The number of likely N-dealkylation sites (N-methyl/N-ethyl adjacent to an activating group) is 1. The highest BCUT2D eigenvalue weighted by Crippen LogP contribution is 2.18. The first-order chi connectivity index (χ1) is 9.13. The van der Waals surface area contributed by atoms with E-state index in [2.05, 4.69) is 21.9 Å². The Morgan fingerprint density at radius 1 is 1.42 bits per heavy atom. The third-order valence-electron chi connectivity index (χ3n) is 3.25. The lowest BCUT2D eigenvalue weighted by Crippen LogP contribution is -2.27. The Morgan fingerprint density at radius 3 is 2.95 bits per heavy atom. The van der Waals surface area contributed by atoms with E-state index in [0.29, 0.717) is 5.95 Å². The molecule has 6 nitrogen and oxygen atoms in total. The average molecular weight is 263 g/mol. The van der Waals surface area contributed by atoms with Gasteiger partial charge >= 0.3 is 0 Å². The Hall–Kier alpha value is -1.66. The maximum Gasteiger partial charge on any atom is 0.202 e. The number of nitrogens with zero attached hydrogens (tertiary/aromatic N) is 4. The third kappa shape index (κ3) is 3.02. The molecule has 2 rings (SSSR count). The van der Waals surface area contributed by atoms with Crippen LogP contribution in [0.5, 0.6) is 0 Å². The highest BCUT2D eigenvalue weighted by molar-refractivity contribution is 5.77. The molecule has 2 aromatic heterocycles. The Kier molecular flexibility index (Phi) is 4.34. The van der Waals surface area contributed by atoms with Crippen molar-refractivity contribution in [2.45, 2.75) is 13.5 Å². The summed E-state index contributed by atoms with van der Waals surface area (Å²) in [7, 11) is 3.77. The van der Waals surface area contributed by atoms with Crippen molar-refractivity contribution in [1.82, 2.24) is 19.4 Å². The van der Waals surface area contributed by atoms with E-state index in [-0.39, 0.29) is 0 Å². The van der Waals surface area contributed by atoms with E-state index in [9.17, 15) is 0 Å². The lowest BCUT2D eigenvalue weighted by atomic mass is 10.3. The number of pyridine rings is 1. The molecule has 6 heteroatoms. The number of anilines is 1. The summed E-state index contributed by atoms with van der Waals surface area (Å²) in [6.45, 7) is 5.31. The maximum absolute atomic E-state index is 5.98. The van der Waals surface area contributed by atoms with Gasteiger partial charge in [-0.05, 0) is 25.6 Å². The molecule has 104 valence electrons. The van der Waals surface area contributed by atoms with Gasteiger partial charge in [-0.1, -0.05) is 0 Å². The molecule has 0 saturated heterocycles. The number of hydrogen-bond donors (Lipinski definition) is 1. The summed E-state index contributed by atoms with van der Waals surface area (Å²) in [4.78, 5) is 11.0. The predicted molar refractivity (Wildman–Crippen MR) is 76.1 cm³/mol. The van der Waals surface area contributed by atoms with Gasteiger partial charge in [-0.25, -0.2) is 9.97 Å². The van der Waals surface area contributed by atoms with Crippen LogP contribution in [0.2, 0.25) is 0 Å². The highest BCUT2D eigenvalue weighted by atomic mass is 16.5. The van der Waals surface area contributed by atoms with Crippen LogP contribution in [0.3, 0.4) is 0 Å². The Labute approximate surface area is 113 Å². The molecular formula is C13H21N5O. The zero-order chi connectivity index (χ0) is 13.8. The molecule has 0 atom stereocenters. The van der Waals surface area contributed by atoms with Gasteiger partial charge in [0, 0.05) is 32.9 Å². The van der Waals surface area contributed by atoms with Crippen molar-refractivity contribution in [3.05, 3.63) is 17.8 Å². The van der Waals surface area contributed by atoms with Crippen molar-refractivity contribution in [3.8, 4) is 0 Å². The summed E-state index contributed by atoms with van der Waals surface area (Å²) >= 11 is 0. The Balaban J connectivity index is 2.12. The Morgan fingerprint density at radius 2 is 2.21 bits per heavy atom. The minimum atomic E-state index is 0.525. The number of ether oxygens (including phenoxy) is 1. The van der Waals surface area contributed by atoms with Crippen molar-refractivity contribution in [1.29, 1.82) is 0 Å². The molecule has 0 aliphatic rings. The van der Waals surface area contributed by atoms with Crippen LogP contribution >= 0.6 is 0 Å². The number of nitrogens with two attached hydrogens (primary N) is 1. The molecule has 0 spiro atoms. The standard InChI is InChI=1S/C13H21N5O/c1-10-4-5-15-12-11(10)16-13(14)18(12)7-6-17(2)8-9-19-3/h4-5H,6-9H2,1-3H3,(H2,14,16). The topological polar surface area (TPSA) is 69.2 Å². The van der Waals surface area contributed by atoms with Crippen LogP contribution < -0.4 is 5.73 Å². The van der Waals surface area contributed by atoms with Gasteiger partial charge < -0.3 is 15.4 Å². The van der Waals surface area contributed by atoms with E-state index in [1.807, 2.05) is 17.6 Å². The monoisotopic (exact) mass is 263 g/mol. The van der Waals surface area contributed by atoms with Crippen LogP contribution in [0.25, 0.3) is 11.2 Å². The molecule has 0 amide bonds. The van der Waals surface area contributed by atoms with Crippen LogP contribution in [-0.2, 0) is 11.3 Å². The molecule has 2 heterocycles. The van der Waals surface area contributed by atoms with E-state index < -0.39 is 0 Å². The predicted octanol–water partition coefficient (Wildman–Crippen LogP) is 0.900. The van der Waals surface area contributed by atoms with Crippen molar-refractivity contribution in [2.75, 3.05) is 39.6 Å². The SMILES string of the molecule is COCCN(C)CCn1c(N)nc2c(C)ccnc21. The van der Waals surface area contributed by atoms with E-state index in [0.717, 1.165) is 43.0 Å². The second-order valence-electron chi connectivity index (χ2n) is 4.72. The fraction of sp³-hybridized carbons (Fsp3) is 0.538. The normalized spacial score (nSPS) is 11.6. The molecule has 2 N–H and O–H groups in total. The van der Waals surface area contributed by atoms with Gasteiger partial charge in [-0.15, -0.1) is 0 Å². The zero-order valence-electron chi connectivity index (χ0n) is 11.8. The number of aryl methyl sites for hydroxylation is 1. The molecule has 0 aliphatic heterocycles. The molecule has 0 radical (unpaired) electrons. The third-order valence-corrected chi connectivity index (χ3v) is 3.25. The van der Waals surface area contributed by atoms with Gasteiger partial charge in [0.15, 0.2) is 5.65 Å². The number of aromatic nitrogens is 3. The van der Waals surface area contributed by atoms with Gasteiger partial charge in [0.05, 0.1) is 6.61 Å². The van der Waals surface area contributed by atoms with Gasteiger partial charge in [-0.2, -0.15) is 0 Å². The summed E-state index contributed by atoms with van der Waals surface area (Å²) < 4.78 is 7.03. The number of imidazole rings is 1. The van der Waals surface area contributed by atoms with Crippen LogP contribution in [0.1, 0.15) is 5.56 Å². The molecule has 19 heavy (non-hydrogen) atoms. The second-order valence-corrected chi connectivity index (χ2v) is 4.72. The summed E-state index contributed by atoms with van der Waals surface area (Å²) in [5.41, 5.74) is 8.82. The summed E-state index contributed by atoms with van der Waals surface area (Å²) in [5.74, 6) is 0.525. The minimum Gasteiger partial charge on any atom is -0.383 e. The Bertz CT molecular complexity index is 551. The first-order valence-corrected chi connectivity index (χ1v) is 6.38. The summed E-state index contributed by atoms with van der Waals surface area (Å²) in [5, 5.41) is 0. The molecule has 2 aromatic rings. The van der Waals surface area contributed by atoms with Crippen LogP contribution in [-0.4, -0.2) is 53.3 Å². The maximum atomic E-state index is 5.98. The minimum absolute atomic E-state index is 0.525. The van der Waals surface area contributed by atoms with Crippen molar-refractivity contribution < 1.29 is 4.74 Å². The number of nitrogen functional groups attached to an aromatic ring is 1. The average Bonchev–Trinajstić information content (AvgIpc) is 2.71. The molecule has 0 aliphatic carbocycles. The number of rotatable bonds is 6. The van der Waals surface area contributed by atoms with Gasteiger partial charge in [-0.3, -0.25) is 4.57 Å². The van der Waals surface area contributed by atoms with Crippen molar-refractivity contribution in [2.24, 2.45) is 0 Å². The quantitative estimate of drug-likeness (QED) is 0.838. The molecular weight excluding hydrogens is 242 g/mol. The largest absolute Gasteiger partial charge is 0.383 e. The lowest BCUT2D eigenvalue weighted by molar-refractivity contribution is 0.159. The van der Waals surface area contributed by atoms with Crippen molar-refractivity contribution in [3.63, 3.8) is 0 Å². The molecule has 0 fully saturated rings. The van der Waals surface area contributed by atoms with E-state index in [1.54, 1.807) is 13.3 Å². The van der Waals surface area contributed by atoms with E-state index >= 15 is 0 Å². The van der Waals surface area contributed by atoms with Gasteiger partial charge in [0.25, 0.3) is 0 Å². The lowest BCUT2D eigenvalue weighted by Gasteiger charge is -2.16. The molecule has 0 bridgehead atoms. The number of fused-ring (bicyclic) bond motifs is 1. The first-order valence-electron chi connectivity index (χ1n) is 6.38. The van der Waals surface area contributed by atoms with Crippen LogP contribution in [0.4, 0.5) is 5.95 Å². The van der Waals surface area contributed by atoms with E-state index in [1.165, 1.54) is 0 Å². The van der Waals surface area contributed by atoms with Gasteiger partial charge in [0.2, 0.25) is 5.95 Å². The van der Waals surface area contributed by atoms with E-state index in [4.69, 9.17) is 10.5 Å². The number of methoxy groups -OCH3 is 1. The molecule has 0 aromatic carbocycles.